The van der Waals surface area contributed by atoms with Crippen LogP contribution in [0.1, 0.15) is 0 Å². The van der Waals surface area contributed by atoms with E-state index < -0.39 is 5.49 Å². The highest BCUT2D eigenvalue weighted by Crippen LogP contribution is 2.18. The second-order valence-electron chi connectivity index (χ2n) is 3.30. The maximum absolute atomic E-state index is 9.71. The summed E-state index contributed by atoms with van der Waals surface area (Å²) < 4.78 is 0.475. The van der Waals surface area contributed by atoms with E-state index in [0.717, 1.165) is 0 Å². The zero-order valence-corrected chi connectivity index (χ0v) is 9.17. The molecular formula is C8H16N6O3. The number of nitrogen functional groups attached to an aromatic ring is 2. The Labute approximate surface area is 97.0 Å². The van der Waals surface area contributed by atoms with Crippen molar-refractivity contribution < 1.29 is 15.4 Å². The average molecular weight is 244 g/mol. The van der Waals surface area contributed by atoms with Gasteiger partial charge < -0.3 is 31.8 Å². The molecule has 9 nitrogen and oxygen atoms in total. The van der Waals surface area contributed by atoms with Crippen LogP contribution in [0.5, 0.6) is 0 Å². The average Bonchev–Trinajstić information content (AvgIpc) is 2.27. The first-order chi connectivity index (χ1) is 8.02. The second-order valence-corrected chi connectivity index (χ2v) is 3.30. The third-order valence-corrected chi connectivity index (χ3v) is 2.16. The molecule has 9 heteroatoms. The van der Waals surface area contributed by atoms with Crippen LogP contribution in [0.4, 0.5) is 17.5 Å². The third kappa shape index (κ3) is 2.57. The molecule has 0 amide bonds. The number of nitrogens with two attached hydrogens (primary N) is 2. The lowest BCUT2D eigenvalue weighted by Gasteiger charge is -2.25. The molecule has 0 aliphatic heterocycles. The Hall–Kier alpha value is -2.00. The summed E-state index contributed by atoms with van der Waals surface area (Å²) in [4.78, 5) is 5.10. The van der Waals surface area contributed by atoms with Crippen molar-refractivity contribution in [2.24, 2.45) is 0 Å². The first kappa shape index (κ1) is 13.1. The summed E-state index contributed by atoms with van der Waals surface area (Å²) in [5.74, 6) is -0.267. The highest BCUT2D eigenvalue weighted by molar-refractivity contribution is 5.60. The maximum atomic E-state index is 9.71. The molecule has 0 atom stereocenters. The predicted octanol–water partition coefficient (Wildman–Crippen LogP) is -2.44. The van der Waals surface area contributed by atoms with Gasteiger partial charge in [-0.1, -0.05) is 0 Å². The van der Waals surface area contributed by atoms with Crippen LogP contribution in [0.15, 0.2) is 0 Å². The lowest BCUT2D eigenvalue weighted by molar-refractivity contribution is 0.171. The lowest BCUT2D eigenvalue weighted by Crippen LogP contribution is -2.37. The van der Waals surface area contributed by atoms with Crippen molar-refractivity contribution in [3.63, 3.8) is 0 Å². The number of nitrogens with one attached hydrogen (secondary N) is 1. The number of hydrogen-bond donors (Lipinski definition) is 6. The summed E-state index contributed by atoms with van der Waals surface area (Å²) >= 11 is 0. The molecular weight excluding hydrogens is 228 g/mol. The molecule has 1 aromatic heterocycles. The summed E-state index contributed by atoms with van der Waals surface area (Å²) in [6.07, 6.45) is 0. The number of aliphatic hydroxyl groups excluding tert-OH is 2. The molecule has 0 radical (unpaired) electrons. The van der Waals surface area contributed by atoms with Crippen LogP contribution >= 0.6 is 0 Å². The van der Waals surface area contributed by atoms with Gasteiger partial charge >= 0.3 is 0 Å². The number of nitrogens with zero attached hydrogens (tertiary/aromatic N) is 3. The summed E-state index contributed by atoms with van der Waals surface area (Å²) in [5.41, 5.74) is 10.5. The topological polar surface area (TPSA) is 158 Å². The summed E-state index contributed by atoms with van der Waals surface area (Å²) in [6, 6.07) is 0. The van der Waals surface area contributed by atoms with Gasteiger partial charge in [0.25, 0.3) is 0 Å². The van der Waals surface area contributed by atoms with Gasteiger partial charge in [-0.25, -0.2) is 4.98 Å². The van der Waals surface area contributed by atoms with E-state index in [1.165, 1.54) is 4.90 Å². The molecule has 1 heterocycles. The Morgan fingerprint density at radius 2 is 1.71 bits per heavy atom. The first-order valence-electron chi connectivity index (χ1n) is 4.91. The van der Waals surface area contributed by atoms with Gasteiger partial charge in [-0.3, -0.25) is 5.41 Å². The predicted molar refractivity (Wildman–Crippen MR) is 60.5 cm³/mol. The Morgan fingerprint density at radius 1 is 1.18 bits per heavy atom. The van der Waals surface area contributed by atoms with Gasteiger partial charge in [-0.2, -0.15) is 0 Å². The number of aromatic nitrogens is 2. The van der Waals surface area contributed by atoms with E-state index >= 15 is 0 Å². The molecule has 0 spiro atoms. The molecule has 0 unspecified atom stereocenters. The van der Waals surface area contributed by atoms with E-state index in [-0.39, 0.29) is 43.8 Å². The normalized spacial score (nSPS) is 10.5. The van der Waals surface area contributed by atoms with Crippen LogP contribution in [0.2, 0.25) is 0 Å². The molecule has 0 saturated heterocycles. The van der Waals surface area contributed by atoms with Crippen molar-refractivity contribution in [1.82, 2.24) is 9.71 Å². The number of rotatable bonds is 5. The Morgan fingerprint density at radius 3 is 2.18 bits per heavy atom. The summed E-state index contributed by atoms with van der Waals surface area (Å²) in [6.45, 7) is -0.124. The van der Waals surface area contributed by atoms with Gasteiger partial charge in [-0.05, 0) is 0 Å². The minimum Gasteiger partial charge on any atom is -0.425 e. The highest BCUT2D eigenvalue weighted by Gasteiger charge is 2.17. The summed E-state index contributed by atoms with van der Waals surface area (Å²) in [7, 11) is 0. The zero-order chi connectivity index (χ0) is 13.0. The van der Waals surface area contributed by atoms with E-state index in [9.17, 15) is 5.21 Å². The smallest absolute Gasteiger partial charge is 0.205 e. The van der Waals surface area contributed by atoms with Gasteiger partial charge in [0.2, 0.25) is 5.49 Å². The molecule has 1 aromatic rings. The molecule has 0 saturated carbocycles. The number of aliphatic hydroxyl groups is 2. The molecule has 0 aromatic carbocycles. The molecule has 8 N–H and O–H groups in total. The molecule has 0 bridgehead atoms. The van der Waals surface area contributed by atoms with Crippen molar-refractivity contribution in [2.75, 3.05) is 42.7 Å². The standard InChI is InChI=1S/C8H16N6O3/c9-5-7(11)14(17)8(6(10)12-5)13(1-3-15)2-4-16/h11,15-17H,1-4,10H2,(H2,9,12). The molecule has 96 valence electrons. The van der Waals surface area contributed by atoms with E-state index in [1.54, 1.807) is 0 Å². The quantitative estimate of drug-likeness (QED) is 0.314. The lowest BCUT2D eigenvalue weighted by atomic mass is 10.4. The van der Waals surface area contributed by atoms with Crippen molar-refractivity contribution in [3.05, 3.63) is 5.49 Å². The third-order valence-electron chi connectivity index (χ3n) is 2.16. The second kappa shape index (κ2) is 5.37. The van der Waals surface area contributed by atoms with Crippen LogP contribution in [0.3, 0.4) is 0 Å². The van der Waals surface area contributed by atoms with Gasteiger partial charge in [-0.15, -0.1) is 4.73 Å². The van der Waals surface area contributed by atoms with Gasteiger partial charge in [0.1, 0.15) is 0 Å². The fraction of sp³-hybridized carbons (Fsp3) is 0.500. The van der Waals surface area contributed by atoms with Gasteiger partial charge in [0, 0.05) is 13.1 Å². The number of anilines is 3. The Kier molecular flexibility index (Phi) is 4.12. The van der Waals surface area contributed by atoms with Crippen molar-refractivity contribution >= 4 is 17.5 Å². The minimum absolute atomic E-state index is 0.0206. The van der Waals surface area contributed by atoms with Crippen molar-refractivity contribution in [1.29, 1.82) is 5.41 Å². The minimum atomic E-state index is -0.407. The maximum Gasteiger partial charge on any atom is 0.205 e. The fourth-order valence-electron chi connectivity index (χ4n) is 1.42. The van der Waals surface area contributed by atoms with Crippen LogP contribution in [-0.4, -0.2) is 51.4 Å². The van der Waals surface area contributed by atoms with Crippen LogP contribution < -0.4 is 21.9 Å². The Bertz CT molecular complexity index is 440. The molecule has 0 fully saturated rings. The SMILES string of the molecule is N=c1c(N)nc(N)c(N(CCO)CCO)n1O. The fourth-order valence-corrected chi connectivity index (χ4v) is 1.42. The monoisotopic (exact) mass is 244 g/mol. The molecule has 1 rings (SSSR count). The van der Waals surface area contributed by atoms with E-state index in [2.05, 4.69) is 4.98 Å². The van der Waals surface area contributed by atoms with Crippen LogP contribution in [-0.2, 0) is 0 Å². The highest BCUT2D eigenvalue weighted by atomic mass is 16.5. The molecule has 0 aliphatic carbocycles. The van der Waals surface area contributed by atoms with Crippen LogP contribution in [0, 0.1) is 5.41 Å². The van der Waals surface area contributed by atoms with Gasteiger partial charge in [0.15, 0.2) is 17.5 Å². The zero-order valence-electron chi connectivity index (χ0n) is 9.17. The summed E-state index contributed by atoms with van der Waals surface area (Å²) in [5, 5.41) is 34.9. The van der Waals surface area contributed by atoms with Gasteiger partial charge in [0.05, 0.1) is 13.2 Å². The number of hydrogen-bond acceptors (Lipinski definition) is 8. The molecule has 17 heavy (non-hydrogen) atoms. The van der Waals surface area contributed by atoms with E-state index in [4.69, 9.17) is 27.1 Å². The van der Waals surface area contributed by atoms with E-state index in [0.29, 0.717) is 4.73 Å². The largest absolute Gasteiger partial charge is 0.425 e. The Balaban J connectivity index is 3.27. The molecule has 0 aliphatic rings. The first-order valence-corrected chi connectivity index (χ1v) is 4.91. The van der Waals surface area contributed by atoms with E-state index in [1.807, 2.05) is 0 Å². The van der Waals surface area contributed by atoms with Crippen molar-refractivity contribution in [2.45, 2.75) is 0 Å². The van der Waals surface area contributed by atoms with Crippen molar-refractivity contribution in [3.8, 4) is 0 Å². The van der Waals surface area contributed by atoms with Crippen LogP contribution in [0.25, 0.3) is 0 Å².